The highest BCUT2D eigenvalue weighted by Gasteiger charge is 2.12. The summed E-state index contributed by atoms with van der Waals surface area (Å²) in [7, 11) is 0. The van der Waals surface area contributed by atoms with Gasteiger partial charge in [0.05, 0.1) is 0 Å². The van der Waals surface area contributed by atoms with Crippen molar-refractivity contribution < 1.29 is 0 Å². The summed E-state index contributed by atoms with van der Waals surface area (Å²) in [5.74, 6) is 0.918. The van der Waals surface area contributed by atoms with Gasteiger partial charge in [-0.05, 0) is 38.0 Å². The maximum atomic E-state index is 2.54. The van der Waals surface area contributed by atoms with Gasteiger partial charge in [0.1, 0.15) is 0 Å². The molecule has 0 N–H and O–H groups in total. The fourth-order valence-electron chi connectivity index (χ4n) is 2.00. The molecular weight excluding hydrogens is 144 g/mol. The Morgan fingerprint density at radius 3 is 2.75 bits per heavy atom. The third-order valence-electron chi connectivity index (χ3n) is 2.93. The van der Waals surface area contributed by atoms with Crippen LogP contribution >= 0.6 is 0 Å². The van der Waals surface area contributed by atoms with Crippen LogP contribution in [0.25, 0.3) is 0 Å². The minimum atomic E-state index is 0.918. The Morgan fingerprint density at radius 1 is 1.33 bits per heavy atom. The van der Waals surface area contributed by atoms with E-state index in [1.807, 2.05) is 0 Å². The Labute approximate surface area is 77.1 Å². The van der Waals surface area contributed by atoms with Gasteiger partial charge in [0, 0.05) is 0 Å². The minimum Gasteiger partial charge on any atom is -0.0822 e. The molecule has 0 radical (unpaired) electrons. The van der Waals surface area contributed by atoms with Crippen LogP contribution in [-0.4, -0.2) is 0 Å². The predicted molar refractivity (Wildman–Crippen MR) is 55.2 cm³/mol. The molecule has 0 heterocycles. The van der Waals surface area contributed by atoms with Crippen LogP contribution in [0, 0.1) is 5.92 Å². The van der Waals surface area contributed by atoms with Crippen molar-refractivity contribution in [2.75, 3.05) is 0 Å². The topological polar surface area (TPSA) is 0 Å². The molecule has 0 spiro atoms. The van der Waals surface area contributed by atoms with Gasteiger partial charge in [-0.3, -0.25) is 0 Å². The fraction of sp³-hybridized carbons (Fsp3) is 0.833. The smallest absolute Gasteiger partial charge is 0.0230 e. The highest BCUT2D eigenvalue weighted by molar-refractivity contribution is 5.10. The molecule has 0 fully saturated rings. The Hall–Kier alpha value is -0.260. The number of allylic oxidation sites excluding steroid dienone is 2. The Kier molecular flexibility index (Phi) is 4.42. The third-order valence-corrected chi connectivity index (χ3v) is 2.93. The van der Waals surface area contributed by atoms with Gasteiger partial charge in [-0.15, -0.1) is 0 Å². The van der Waals surface area contributed by atoms with Gasteiger partial charge in [-0.2, -0.15) is 0 Å². The molecule has 1 unspecified atom stereocenters. The lowest BCUT2D eigenvalue weighted by Gasteiger charge is -1.98. The predicted octanol–water partition coefficient (Wildman–Crippen LogP) is 4.31. The summed E-state index contributed by atoms with van der Waals surface area (Å²) in [5, 5.41) is 0. The van der Waals surface area contributed by atoms with Crippen molar-refractivity contribution in [1.29, 1.82) is 0 Å². The summed E-state index contributed by atoms with van der Waals surface area (Å²) in [6, 6.07) is 0. The lowest BCUT2D eigenvalue weighted by Crippen LogP contribution is -1.84. The molecule has 0 saturated heterocycles. The van der Waals surface area contributed by atoms with Crippen LogP contribution in [0.1, 0.15) is 58.8 Å². The first-order chi connectivity index (χ1) is 5.86. The monoisotopic (exact) mass is 166 g/mol. The van der Waals surface area contributed by atoms with E-state index in [1.54, 1.807) is 5.57 Å². The minimum absolute atomic E-state index is 0.918. The van der Waals surface area contributed by atoms with Crippen LogP contribution in [0.2, 0.25) is 0 Å². The molecule has 1 aliphatic carbocycles. The lowest BCUT2D eigenvalue weighted by molar-refractivity contribution is 0.607. The van der Waals surface area contributed by atoms with Gasteiger partial charge < -0.3 is 0 Å². The second-order valence-corrected chi connectivity index (χ2v) is 3.99. The maximum Gasteiger partial charge on any atom is -0.0230 e. The lowest BCUT2D eigenvalue weighted by atomic mass is 10.1. The van der Waals surface area contributed by atoms with Crippen LogP contribution in [0.3, 0.4) is 0 Å². The molecule has 12 heavy (non-hydrogen) atoms. The molecule has 0 amide bonds. The summed E-state index contributed by atoms with van der Waals surface area (Å²) in [5.41, 5.74) is 1.75. The van der Waals surface area contributed by atoms with Gasteiger partial charge >= 0.3 is 0 Å². The van der Waals surface area contributed by atoms with Gasteiger partial charge in [-0.1, -0.05) is 38.3 Å². The van der Waals surface area contributed by atoms with E-state index in [1.165, 1.54) is 44.9 Å². The van der Waals surface area contributed by atoms with Crippen LogP contribution < -0.4 is 0 Å². The maximum absolute atomic E-state index is 2.54. The van der Waals surface area contributed by atoms with Gasteiger partial charge in [0.2, 0.25) is 0 Å². The second kappa shape index (κ2) is 5.40. The largest absolute Gasteiger partial charge is 0.0822 e. The summed E-state index contributed by atoms with van der Waals surface area (Å²) in [4.78, 5) is 0. The molecular formula is C12H22. The van der Waals surface area contributed by atoms with E-state index >= 15 is 0 Å². The van der Waals surface area contributed by atoms with E-state index in [2.05, 4.69) is 19.9 Å². The highest BCUT2D eigenvalue weighted by Crippen LogP contribution is 2.29. The first-order valence-electron chi connectivity index (χ1n) is 5.56. The summed E-state index contributed by atoms with van der Waals surface area (Å²) < 4.78 is 0. The summed E-state index contributed by atoms with van der Waals surface area (Å²) in [6.45, 7) is 4.58. The summed E-state index contributed by atoms with van der Waals surface area (Å²) >= 11 is 0. The standard InChI is InChI=1S/C12H22/c1-3-5-6-7-12-9-8-11(4-2)10-12/h10-11H,3-9H2,1-2H3. The van der Waals surface area contributed by atoms with E-state index in [9.17, 15) is 0 Å². The molecule has 0 heteroatoms. The van der Waals surface area contributed by atoms with Gasteiger partial charge in [0.25, 0.3) is 0 Å². The van der Waals surface area contributed by atoms with Crippen molar-refractivity contribution >= 4 is 0 Å². The Balaban J connectivity index is 2.16. The van der Waals surface area contributed by atoms with E-state index in [0.29, 0.717) is 0 Å². The SMILES string of the molecule is CCCCCC1=CC(CC)CC1. The van der Waals surface area contributed by atoms with E-state index in [4.69, 9.17) is 0 Å². The molecule has 1 aliphatic rings. The third kappa shape index (κ3) is 3.00. The van der Waals surface area contributed by atoms with Crippen molar-refractivity contribution in [2.45, 2.75) is 58.8 Å². The van der Waals surface area contributed by atoms with Crippen molar-refractivity contribution in [3.05, 3.63) is 11.6 Å². The van der Waals surface area contributed by atoms with E-state index in [-0.39, 0.29) is 0 Å². The molecule has 1 rings (SSSR count). The number of unbranched alkanes of at least 4 members (excludes halogenated alkanes) is 2. The van der Waals surface area contributed by atoms with Crippen LogP contribution in [0.15, 0.2) is 11.6 Å². The quantitative estimate of drug-likeness (QED) is 0.421. The van der Waals surface area contributed by atoms with Crippen molar-refractivity contribution in [1.82, 2.24) is 0 Å². The van der Waals surface area contributed by atoms with Crippen LogP contribution in [0.5, 0.6) is 0 Å². The zero-order chi connectivity index (χ0) is 8.81. The average molecular weight is 166 g/mol. The first kappa shape index (κ1) is 9.83. The van der Waals surface area contributed by atoms with Crippen molar-refractivity contribution in [2.24, 2.45) is 5.92 Å². The normalized spacial score (nSPS) is 22.8. The molecule has 0 saturated carbocycles. The van der Waals surface area contributed by atoms with Crippen LogP contribution in [0.4, 0.5) is 0 Å². The van der Waals surface area contributed by atoms with Crippen molar-refractivity contribution in [3.63, 3.8) is 0 Å². The zero-order valence-electron chi connectivity index (χ0n) is 8.60. The second-order valence-electron chi connectivity index (χ2n) is 3.99. The molecule has 1 atom stereocenters. The van der Waals surface area contributed by atoms with Gasteiger partial charge in [-0.25, -0.2) is 0 Å². The molecule has 0 aliphatic heterocycles. The van der Waals surface area contributed by atoms with Gasteiger partial charge in [0.15, 0.2) is 0 Å². The molecule has 0 bridgehead atoms. The molecule has 0 aromatic heterocycles. The average Bonchev–Trinajstić information content (AvgIpc) is 2.53. The summed E-state index contributed by atoms with van der Waals surface area (Å²) in [6.07, 6.45) is 12.3. The fourth-order valence-corrected chi connectivity index (χ4v) is 2.00. The zero-order valence-corrected chi connectivity index (χ0v) is 8.60. The van der Waals surface area contributed by atoms with Crippen molar-refractivity contribution in [3.8, 4) is 0 Å². The molecule has 0 aromatic carbocycles. The molecule has 70 valence electrons. The Morgan fingerprint density at radius 2 is 2.17 bits per heavy atom. The van der Waals surface area contributed by atoms with E-state index < -0.39 is 0 Å². The molecule has 0 nitrogen and oxygen atoms in total. The highest BCUT2D eigenvalue weighted by atomic mass is 14.2. The van der Waals surface area contributed by atoms with E-state index in [0.717, 1.165) is 5.92 Å². The Bertz CT molecular complexity index is 144. The molecule has 0 aromatic rings. The van der Waals surface area contributed by atoms with Crippen LogP contribution in [-0.2, 0) is 0 Å². The number of rotatable bonds is 5. The number of hydrogen-bond acceptors (Lipinski definition) is 0. The first-order valence-corrected chi connectivity index (χ1v) is 5.56. The number of hydrogen-bond donors (Lipinski definition) is 0.